The van der Waals surface area contributed by atoms with E-state index in [-0.39, 0.29) is 29.9 Å². The molecule has 7 amide bonds. The lowest BCUT2D eigenvalue weighted by molar-refractivity contribution is -0.136. The van der Waals surface area contributed by atoms with Crippen LogP contribution in [0.5, 0.6) is 0 Å². The summed E-state index contributed by atoms with van der Waals surface area (Å²) in [6.07, 6.45) is 3.93. The molecule has 342 valence electrons. The zero-order valence-corrected chi connectivity index (χ0v) is 36.8. The summed E-state index contributed by atoms with van der Waals surface area (Å²) in [4.78, 5) is 117. The zero-order valence-electron chi connectivity index (χ0n) is 36.8. The number of fused-ring (bicyclic) bond motifs is 3. The second kappa shape index (κ2) is 17.2. The molecule has 11 rings (SSSR count). The molecule has 18 nitrogen and oxygen atoms in total. The Kier molecular flexibility index (Phi) is 10.8. The van der Waals surface area contributed by atoms with E-state index in [0.717, 1.165) is 61.4 Å². The molecule has 0 spiro atoms. The molecule has 0 aliphatic carbocycles. The molecule has 1 unspecified atom stereocenters. The minimum Gasteiger partial charge on any atom is -0.368 e. The van der Waals surface area contributed by atoms with Gasteiger partial charge >= 0.3 is 0 Å². The molecule has 0 saturated carbocycles. The van der Waals surface area contributed by atoms with Crippen LogP contribution in [0.2, 0.25) is 0 Å². The molecule has 6 aliphatic rings. The van der Waals surface area contributed by atoms with Gasteiger partial charge in [-0.1, -0.05) is 42.5 Å². The number of nitrogens with zero attached hydrogens (tertiary/aromatic N) is 8. The Morgan fingerprint density at radius 1 is 0.642 bits per heavy atom. The van der Waals surface area contributed by atoms with Crippen LogP contribution in [0.15, 0.2) is 72.9 Å². The number of piperidine rings is 2. The van der Waals surface area contributed by atoms with Gasteiger partial charge in [-0.2, -0.15) is 0 Å². The maximum absolute atomic E-state index is 13.7. The van der Waals surface area contributed by atoms with Crippen LogP contribution in [0.1, 0.15) is 57.7 Å². The summed E-state index contributed by atoms with van der Waals surface area (Å²) in [7, 11) is 0. The first-order valence-corrected chi connectivity index (χ1v) is 23.1. The van der Waals surface area contributed by atoms with E-state index in [4.69, 9.17) is 9.97 Å². The van der Waals surface area contributed by atoms with E-state index in [9.17, 15) is 33.6 Å². The number of para-hydroxylation sites is 2. The third-order valence-corrected chi connectivity index (χ3v) is 14.3. The number of piperazine rings is 2. The number of nitrogens with one attached hydrogen (secondary N) is 3. The van der Waals surface area contributed by atoms with Gasteiger partial charge in [-0.15, -0.1) is 0 Å². The predicted molar refractivity (Wildman–Crippen MR) is 248 cm³/mol. The molecule has 5 aromatic rings. The van der Waals surface area contributed by atoms with Crippen LogP contribution in [-0.2, 0) is 24.0 Å². The van der Waals surface area contributed by atoms with Gasteiger partial charge in [0.05, 0.1) is 45.7 Å². The number of anilines is 2. The van der Waals surface area contributed by atoms with Crippen molar-refractivity contribution in [2.24, 2.45) is 5.92 Å². The molecule has 6 aliphatic heterocycles. The lowest BCUT2D eigenvalue weighted by Crippen LogP contribution is -2.54. The molecule has 67 heavy (non-hydrogen) atoms. The third-order valence-electron chi connectivity index (χ3n) is 14.3. The lowest BCUT2D eigenvalue weighted by Gasteiger charge is -2.40. The molecule has 1 atom stereocenters. The summed E-state index contributed by atoms with van der Waals surface area (Å²) in [5, 5.41) is 6.26. The molecule has 4 saturated heterocycles. The normalized spacial score (nSPS) is 21.3. The average molecular weight is 904 g/mol. The van der Waals surface area contributed by atoms with Gasteiger partial charge in [0.25, 0.3) is 23.6 Å². The summed E-state index contributed by atoms with van der Waals surface area (Å²) in [6.45, 7) is 8.01. The van der Waals surface area contributed by atoms with Gasteiger partial charge < -0.3 is 19.7 Å². The average Bonchev–Trinajstić information content (AvgIpc) is 3.98. The predicted octanol–water partition coefficient (Wildman–Crippen LogP) is 2.26. The van der Waals surface area contributed by atoms with Crippen LogP contribution in [0.3, 0.4) is 0 Å². The second-order valence-corrected chi connectivity index (χ2v) is 18.2. The van der Waals surface area contributed by atoms with Crippen LogP contribution in [-0.4, -0.2) is 160 Å². The van der Waals surface area contributed by atoms with E-state index in [1.165, 1.54) is 0 Å². The maximum Gasteiger partial charge on any atom is 0.264 e. The summed E-state index contributed by atoms with van der Waals surface area (Å²) in [5.41, 5.74) is 4.31. The van der Waals surface area contributed by atoms with Gasteiger partial charge in [0.2, 0.25) is 23.7 Å². The van der Waals surface area contributed by atoms with Gasteiger partial charge in [0.15, 0.2) is 0 Å². The van der Waals surface area contributed by atoms with E-state index >= 15 is 0 Å². The molecule has 2 aromatic heterocycles. The molecule has 3 aromatic carbocycles. The van der Waals surface area contributed by atoms with Crippen LogP contribution >= 0.6 is 0 Å². The number of carbonyl (C=O) groups excluding carboxylic acids is 7. The molecule has 0 radical (unpaired) electrons. The highest BCUT2D eigenvalue weighted by Crippen LogP contribution is 2.38. The van der Waals surface area contributed by atoms with E-state index in [1.54, 1.807) is 18.3 Å². The highest BCUT2D eigenvalue weighted by atomic mass is 16.2. The Morgan fingerprint density at radius 3 is 2.13 bits per heavy atom. The zero-order chi connectivity index (χ0) is 45.9. The molecule has 18 heteroatoms. The largest absolute Gasteiger partial charge is 0.368 e. The van der Waals surface area contributed by atoms with Crippen LogP contribution in [0.25, 0.3) is 33.0 Å². The number of likely N-dealkylation sites (tertiary alicyclic amines) is 1. The lowest BCUT2D eigenvalue weighted by atomic mass is 9.95. The quantitative estimate of drug-likeness (QED) is 0.182. The van der Waals surface area contributed by atoms with E-state index in [1.807, 2.05) is 64.4 Å². The number of hydrogen-bond donors (Lipinski definition) is 3. The summed E-state index contributed by atoms with van der Waals surface area (Å²) in [6, 6.07) is 19.4. The molecule has 8 heterocycles. The molecule has 0 bridgehead atoms. The van der Waals surface area contributed by atoms with Gasteiger partial charge in [-0.05, 0) is 62.5 Å². The Morgan fingerprint density at radius 2 is 1.36 bits per heavy atom. The summed E-state index contributed by atoms with van der Waals surface area (Å²) in [5.74, 6) is -1.96. The van der Waals surface area contributed by atoms with Crippen molar-refractivity contribution >= 4 is 85.9 Å². The SMILES string of the molecule is O=C1CCC(N2C(=O)c3cccc(N4CCN(CC5CCN(CC(=O)N6CCN(c7nc(C8=C(c9c[nH]c%10ccccc9%10)C(=O)NC8=O)c8ccccc8n7)CC6)CC5)CC4)c3C2=O)C(=O)N1. The van der Waals surface area contributed by atoms with Crippen molar-refractivity contribution in [2.45, 2.75) is 31.7 Å². The van der Waals surface area contributed by atoms with Crippen molar-refractivity contribution in [2.75, 3.05) is 88.3 Å². The van der Waals surface area contributed by atoms with Crippen LogP contribution < -0.4 is 20.4 Å². The van der Waals surface area contributed by atoms with Gasteiger partial charge in [-0.25, -0.2) is 9.97 Å². The Labute approximate surface area is 384 Å². The first-order chi connectivity index (χ1) is 32.6. The standard InChI is InChI=1S/C49H49N11O7/c61-38-13-12-37(44(63)52-38)60-47(66)32-8-5-11-36(40(32)48(60)67)57-20-18-56(19-21-57)27-29-14-16-55(17-15-29)28-39(62)58-22-24-59(25-23-58)49-51-35-10-4-2-7-31(35)43(53-49)42-41(45(64)54-46(42)65)33-26-50-34-9-3-1-6-30(33)34/h1-11,26,29,37,50H,12-25,27-28H2,(H,52,61,63)(H,54,64,65). The molecule has 4 fully saturated rings. The fraction of sp³-hybridized carbons (Fsp3) is 0.367. The number of rotatable bonds is 9. The number of H-pyrrole nitrogens is 1. The molecule has 3 N–H and O–H groups in total. The number of amides is 7. The topological polar surface area (TPSA) is 205 Å². The van der Waals surface area contributed by atoms with Crippen molar-refractivity contribution in [3.05, 3.63) is 95.3 Å². The second-order valence-electron chi connectivity index (χ2n) is 18.2. The third kappa shape index (κ3) is 7.68. The smallest absolute Gasteiger partial charge is 0.264 e. The number of imide groups is 3. The van der Waals surface area contributed by atoms with E-state index in [2.05, 4.69) is 30.3 Å². The highest BCUT2D eigenvalue weighted by molar-refractivity contribution is 6.50. The van der Waals surface area contributed by atoms with Crippen molar-refractivity contribution in [3.8, 4) is 0 Å². The summed E-state index contributed by atoms with van der Waals surface area (Å²) < 4.78 is 0. The minimum absolute atomic E-state index is 0.0753. The first-order valence-electron chi connectivity index (χ1n) is 23.1. The van der Waals surface area contributed by atoms with Crippen molar-refractivity contribution in [1.29, 1.82) is 0 Å². The molecular weight excluding hydrogens is 855 g/mol. The number of hydrogen-bond acceptors (Lipinski definition) is 13. The fourth-order valence-electron chi connectivity index (χ4n) is 10.7. The first kappa shape index (κ1) is 42.3. The fourth-order valence-corrected chi connectivity index (χ4v) is 10.7. The number of aromatic nitrogens is 3. The minimum atomic E-state index is -1.00. The number of aromatic amines is 1. The highest BCUT2D eigenvalue weighted by Gasteiger charge is 2.46. The van der Waals surface area contributed by atoms with Gasteiger partial charge in [-0.3, -0.25) is 58.9 Å². The Hall–Kier alpha value is -7.31. The van der Waals surface area contributed by atoms with Crippen molar-refractivity contribution in [3.63, 3.8) is 0 Å². The van der Waals surface area contributed by atoms with Crippen LogP contribution in [0, 0.1) is 5.92 Å². The van der Waals surface area contributed by atoms with Gasteiger partial charge in [0.1, 0.15) is 6.04 Å². The monoisotopic (exact) mass is 903 g/mol. The Bertz CT molecular complexity index is 2940. The van der Waals surface area contributed by atoms with Gasteiger partial charge in [0, 0.05) is 93.4 Å². The number of carbonyl (C=O) groups is 7. The van der Waals surface area contributed by atoms with Crippen molar-refractivity contribution < 1.29 is 33.6 Å². The Balaban J connectivity index is 0.679. The molecular formula is C49H49N11O7. The maximum atomic E-state index is 13.7. The van der Waals surface area contributed by atoms with Crippen molar-refractivity contribution in [1.82, 2.24) is 45.2 Å². The van der Waals surface area contributed by atoms with E-state index < -0.39 is 41.5 Å². The van der Waals surface area contributed by atoms with Crippen LogP contribution in [0.4, 0.5) is 11.6 Å². The summed E-state index contributed by atoms with van der Waals surface area (Å²) >= 11 is 0. The van der Waals surface area contributed by atoms with E-state index in [0.29, 0.717) is 96.7 Å². The number of benzene rings is 3.